The molecule has 2 fully saturated rings. The summed E-state index contributed by atoms with van der Waals surface area (Å²) in [4.78, 5) is 11.8. The van der Waals surface area contributed by atoms with E-state index < -0.39 is 6.93 Å². The van der Waals surface area contributed by atoms with Crippen LogP contribution in [0.5, 0.6) is 0 Å². The zero-order valence-electron chi connectivity index (χ0n) is 27.9. The summed E-state index contributed by atoms with van der Waals surface area (Å²) in [6, 6.07) is 13.1. The number of halogens is 2. The van der Waals surface area contributed by atoms with Crippen molar-refractivity contribution in [2.45, 2.75) is 107 Å². The van der Waals surface area contributed by atoms with Crippen molar-refractivity contribution in [1.29, 1.82) is 10.8 Å². The van der Waals surface area contributed by atoms with Gasteiger partial charge in [0, 0.05) is 43.5 Å². The van der Waals surface area contributed by atoms with Gasteiger partial charge in [0.2, 0.25) is 6.93 Å². The molecule has 8 heteroatoms. The number of alkyl halides is 2. The maximum absolute atomic E-state index is 11.8. The summed E-state index contributed by atoms with van der Waals surface area (Å²) < 4.78 is 24.0. The quantitative estimate of drug-likeness (QED) is 0.156. The Morgan fingerprint density at radius 2 is 1.65 bits per heavy atom. The average Bonchev–Trinajstić information content (AvgIpc) is 2.87. The summed E-state index contributed by atoms with van der Waals surface area (Å²) >= 11 is 0. The lowest BCUT2D eigenvalue weighted by Crippen LogP contribution is -2.36. The number of nitrogens with one attached hydrogen (secondary N) is 3. The van der Waals surface area contributed by atoms with E-state index in [1.165, 1.54) is 54.2 Å². The number of ketones is 1. The number of Topliss-reactive ketones (excluding diaryl/α,β-unsaturated/α-hetero) is 1. The highest BCUT2D eigenvalue weighted by atomic mass is 31.0. The van der Waals surface area contributed by atoms with Crippen LogP contribution in [-0.4, -0.2) is 43.9 Å². The maximum Gasteiger partial charge on any atom is 0.229 e. The highest BCUT2D eigenvalue weighted by molar-refractivity contribution is 7.27. The minimum Gasteiger partial charge on any atom is -0.381 e. The lowest BCUT2D eigenvalue weighted by molar-refractivity contribution is 0.0367. The van der Waals surface area contributed by atoms with E-state index in [2.05, 4.69) is 65.7 Å². The smallest absolute Gasteiger partial charge is 0.229 e. The van der Waals surface area contributed by atoms with Gasteiger partial charge in [0.25, 0.3) is 0 Å². The Morgan fingerprint density at radius 3 is 2.02 bits per heavy atom. The second-order valence-electron chi connectivity index (χ2n) is 10.3. The third kappa shape index (κ3) is 20.3. The summed E-state index contributed by atoms with van der Waals surface area (Å²) in [5, 5.41) is 18.2. The van der Waals surface area contributed by atoms with Gasteiger partial charge in [0.15, 0.2) is 5.78 Å². The molecule has 0 spiro atoms. The molecule has 1 saturated heterocycles. The number of rotatable bonds is 8. The van der Waals surface area contributed by atoms with Gasteiger partial charge in [-0.15, -0.1) is 9.24 Å². The summed E-state index contributed by atoms with van der Waals surface area (Å²) in [7, 11) is 2.78. The first-order chi connectivity index (χ1) is 20.5. The Hall–Kier alpha value is -2.34. The normalized spacial score (nSPS) is 13.4. The molecule has 2 aromatic rings. The monoisotopic (exact) mass is 621 g/mol. The van der Waals surface area contributed by atoms with Crippen LogP contribution >= 0.6 is 9.24 Å². The zero-order valence-corrected chi connectivity index (χ0v) is 29.1. The molecule has 43 heavy (non-hydrogen) atoms. The fourth-order valence-corrected chi connectivity index (χ4v) is 4.80. The minimum atomic E-state index is -1.75. The van der Waals surface area contributed by atoms with Crippen molar-refractivity contribution in [3.8, 4) is 0 Å². The Labute approximate surface area is 263 Å². The molecule has 0 aromatic heterocycles. The van der Waals surface area contributed by atoms with Crippen molar-refractivity contribution in [2.75, 3.05) is 20.1 Å². The van der Waals surface area contributed by atoms with Crippen molar-refractivity contribution in [2.24, 2.45) is 5.92 Å². The molecular weight excluding hydrogens is 563 g/mol. The molecule has 0 amide bonds. The number of aryl methyl sites for hydroxylation is 1. The molecule has 2 atom stereocenters. The SMILES string of the molecule is C1COC1.CC.CC(=N)Cc1cccc(C)c1.CC=N.CCc1c(P)cc(CNC(C)C2CCC2)cc1C(C)=O.FCF. The van der Waals surface area contributed by atoms with Crippen LogP contribution < -0.4 is 10.6 Å². The van der Waals surface area contributed by atoms with Gasteiger partial charge < -0.3 is 20.9 Å². The van der Waals surface area contributed by atoms with Gasteiger partial charge in [-0.3, -0.25) is 4.79 Å². The minimum absolute atomic E-state index is 0.166. The Kier molecular flexibility index (Phi) is 27.1. The third-order valence-corrected chi connectivity index (χ3v) is 7.21. The number of carbonyl (C=O) groups excluding carboxylic acids is 1. The second kappa shape index (κ2) is 27.2. The average molecular weight is 622 g/mol. The first-order valence-electron chi connectivity index (χ1n) is 15.4. The van der Waals surface area contributed by atoms with E-state index >= 15 is 0 Å². The third-order valence-electron chi connectivity index (χ3n) is 6.69. The van der Waals surface area contributed by atoms with Gasteiger partial charge in [0.05, 0.1) is 0 Å². The van der Waals surface area contributed by atoms with E-state index in [4.69, 9.17) is 15.6 Å². The van der Waals surface area contributed by atoms with Crippen molar-refractivity contribution in [1.82, 2.24) is 5.32 Å². The first-order valence-corrected chi connectivity index (χ1v) is 16.0. The van der Waals surface area contributed by atoms with Crippen LogP contribution in [0.1, 0.15) is 107 Å². The highest BCUT2D eigenvalue weighted by Crippen LogP contribution is 2.29. The van der Waals surface area contributed by atoms with Crippen LogP contribution in [-0.2, 0) is 24.1 Å². The van der Waals surface area contributed by atoms with E-state index in [0.717, 1.165) is 55.1 Å². The van der Waals surface area contributed by atoms with Crippen molar-refractivity contribution in [3.63, 3.8) is 0 Å². The van der Waals surface area contributed by atoms with Crippen molar-refractivity contribution >= 4 is 32.3 Å². The van der Waals surface area contributed by atoms with Gasteiger partial charge in [-0.1, -0.05) is 63.1 Å². The molecule has 0 bridgehead atoms. The highest BCUT2D eigenvalue weighted by Gasteiger charge is 2.23. The van der Waals surface area contributed by atoms with E-state index in [1.54, 1.807) is 13.8 Å². The number of benzene rings is 2. The maximum atomic E-state index is 11.8. The molecule has 2 unspecified atom stereocenters. The second-order valence-corrected chi connectivity index (χ2v) is 10.9. The van der Waals surface area contributed by atoms with Crippen LogP contribution in [0.3, 0.4) is 0 Å². The van der Waals surface area contributed by atoms with Gasteiger partial charge >= 0.3 is 0 Å². The fourth-order valence-electron chi connectivity index (χ4n) is 4.23. The largest absolute Gasteiger partial charge is 0.381 e. The van der Waals surface area contributed by atoms with Gasteiger partial charge in [0.1, 0.15) is 0 Å². The van der Waals surface area contributed by atoms with Crippen LogP contribution in [0.2, 0.25) is 0 Å². The van der Waals surface area contributed by atoms with E-state index in [-0.39, 0.29) is 5.78 Å². The lowest BCUT2D eigenvalue weighted by Gasteiger charge is -2.32. The van der Waals surface area contributed by atoms with Crippen LogP contribution in [0.4, 0.5) is 8.78 Å². The molecular formula is C35H58F2N3O2P. The molecule has 1 saturated carbocycles. The molecule has 3 N–H and O–H groups in total. The molecule has 5 nitrogen and oxygen atoms in total. The number of ether oxygens (including phenoxy) is 1. The molecule has 1 aliphatic carbocycles. The van der Waals surface area contributed by atoms with E-state index in [9.17, 15) is 13.6 Å². The molecule has 1 aliphatic heterocycles. The Balaban J connectivity index is 0. The van der Waals surface area contributed by atoms with Crippen molar-refractivity contribution < 1.29 is 18.3 Å². The van der Waals surface area contributed by atoms with Crippen LogP contribution in [0.15, 0.2) is 36.4 Å². The number of carbonyl (C=O) groups is 1. The van der Waals surface area contributed by atoms with Gasteiger partial charge in [-0.25, -0.2) is 8.78 Å². The predicted octanol–water partition coefficient (Wildman–Crippen LogP) is 8.78. The predicted molar refractivity (Wildman–Crippen MR) is 185 cm³/mol. The van der Waals surface area contributed by atoms with Gasteiger partial charge in [-0.2, -0.15) is 0 Å². The standard InChI is InChI=1S/C17H26NOP.C10H13N.C3H6O.C2H5N.C2H6.CH2F2/c1-4-15-16(12(3)19)8-13(9-17(15)20)10-18-11(2)14-6-5-7-14;1-8-4-3-5-10(6-8)7-9(2)11;1-2-4-3-1;1-2-3;1-2;2-1-3/h8-9,11,14,18H,4-7,10,20H2,1-3H3;3-6,11H,7H2,1-2H3;1-3H2;2-3H,1H3;1-2H3;1H2. The topological polar surface area (TPSA) is 86.0 Å². The zero-order chi connectivity index (χ0) is 33.2. The molecule has 2 aliphatic rings. The van der Waals surface area contributed by atoms with E-state index in [0.29, 0.717) is 6.04 Å². The number of hydrogen-bond donors (Lipinski definition) is 3. The van der Waals surface area contributed by atoms with Crippen LogP contribution in [0, 0.1) is 23.7 Å². The number of hydrogen-bond acceptors (Lipinski definition) is 5. The summed E-state index contributed by atoms with van der Waals surface area (Å²) in [5.41, 5.74) is 6.48. The van der Waals surface area contributed by atoms with Crippen LogP contribution in [0.25, 0.3) is 0 Å². The summed E-state index contributed by atoms with van der Waals surface area (Å²) in [6.45, 7) is 16.7. The molecule has 2 aromatic carbocycles. The molecule has 0 radical (unpaired) electrons. The van der Waals surface area contributed by atoms with Crippen molar-refractivity contribution in [3.05, 3.63) is 64.2 Å². The lowest BCUT2D eigenvalue weighted by atomic mass is 9.80. The van der Waals surface area contributed by atoms with E-state index in [1.807, 2.05) is 26.8 Å². The van der Waals surface area contributed by atoms with Gasteiger partial charge in [-0.05, 0) is 100 Å². The summed E-state index contributed by atoms with van der Waals surface area (Å²) in [5.74, 6) is 1.01. The molecule has 4 rings (SSSR count). The summed E-state index contributed by atoms with van der Waals surface area (Å²) in [6.07, 6.45) is 8.31. The molecule has 244 valence electrons. The Bertz CT molecular complexity index is 1040. The fraction of sp³-hybridized carbons (Fsp3) is 0.571. The Morgan fingerprint density at radius 1 is 1.12 bits per heavy atom. The molecule has 1 heterocycles. The first kappa shape index (κ1) is 42.8.